The predicted molar refractivity (Wildman–Crippen MR) is 81.4 cm³/mol. The maximum atomic E-state index is 6.44. The van der Waals surface area contributed by atoms with Crippen LogP contribution in [-0.2, 0) is 0 Å². The van der Waals surface area contributed by atoms with E-state index in [4.69, 9.17) is 5.73 Å². The number of hydrogen-bond acceptors (Lipinski definition) is 2. The van der Waals surface area contributed by atoms with Gasteiger partial charge in [0.25, 0.3) is 0 Å². The molecule has 2 saturated carbocycles. The van der Waals surface area contributed by atoms with Crippen molar-refractivity contribution in [3.8, 4) is 0 Å². The van der Waals surface area contributed by atoms with Crippen LogP contribution in [0, 0.1) is 24.7 Å². The highest BCUT2D eigenvalue weighted by Crippen LogP contribution is 2.48. The monoisotopic (exact) mass is 258 g/mol. The molecule has 1 aromatic carbocycles. The van der Waals surface area contributed by atoms with Crippen LogP contribution in [0.5, 0.6) is 0 Å². The van der Waals surface area contributed by atoms with Gasteiger partial charge >= 0.3 is 0 Å². The second kappa shape index (κ2) is 5.16. The fourth-order valence-electron chi connectivity index (χ4n) is 4.15. The first-order chi connectivity index (χ1) is 9.19. The highest BCUT2D eigenvalue weighted by atomic mass is 15.1. The zero-order valence-electron chi connectivity index (χ0n) is 12.2. The summed E-state index contributed by atoms with van der Waals surface area (Å²) in [5.74, 6) is 2.41. The van der Waals surface area contributed by atoms with Gasteiger partial charge in [-0.05, 0) is 63.0 Å². The summed E-state index contributed by atoms with van der Waals surface area (Å²) in [4.78, 5) is 2.50. The van der Waals surface area contributed by atoms with Crippen LogP contribution in [0.4, 0.5) is 5.69 Å². The van der Waals surface area contributed by atoms with E-state index in [1.807, 2.05) is 0 Å². The summed E-state index contributed by atoms with van der Waals surface area (Å²) in [5.41, 5.74) is 9.12. The average Bonchev–Trinajstić information content (AvgIpc) is 3.00. The summed E-state index contributed by atoms with van der Waals surface area (Å²) in [7, 11) is 0. The van der Waals surface area contributed by atoms with E-state index >= 15 is 0 Å². The molecule has 2 bridgehead atoms. The number of rotatable bonds is 4. The highest BCUT2D eigenvalue weighted by molar-refractivity contribution is 5.47. The molecule has 19 heavy (non-hydrogen) atoms. The van der Waals surface area contributed by atoms with Crippen molar-refractivity contribution in [2.24, 2.45) is 23.5 Å². The molecule has 0 heterocycles. The molecule has 4 unspecified atom stereocenters. The number of benzene rings is 1. The minimum absolute atomic E-state index is 0.443. The molecule has 0 aromatic heterocycles. The van der Waals surface area contributed by atoms with E-state index in [0.29, 0.717) is 12.0 Å². The van der Waals surface area contributed by atoms with Gasteiger partial charge in [-0.25, -0.2) is 0 Å². The standard InChI is InChI=1S/C17H26N2/c1-3-19(15-8-4-12(2)5-9-15)11-16-13-6-7-14(10-13)17(16)18/h4-5,8-9,13-14,16-17H,3,6-7,10-11,18H2,1-2H3. The van der Waals surface area contributed by atoms with E-state index in [1.54, 1.807) is 0 Å². The average molecular weight is 258 g/mol. The zero-order chi connectivity index (χ0) is 13.4. The van der Waals surface area contributed by atoms with Gasteiger partial charge in [-0.2, -0.15) is 0 Å². The van der Waals surface area contributed by atoms with Crippen molar-refractivity contribution in [3.63, 3.8) is 0 Å². The van der Waals surface area contributed by atoms with Gasteiger partial charge in [0, 0.05) is 24.8 Å². The Hall–Kier alpha value is -1.02. The molecule has 104 valence electrons. The molecular formula is C17H26N2. The number of nitrogens with two attached hydrogens (primary N) is 1. The lowest BCUT2D eigenvalue weighted by Crippen LogP contribution is -2.43. The third-order valence-corrected chi connectivity index (χ3v) is 5.37. The Labute approximate surface area is 117 Å². The molecule has 0 spiro atoms. The van der Waals surface area contributed by atoms with Gasteiger partial charge in [0.15, 0.2) is 0 Å². The topological polar surface area (TPSA) is 29.3 Å². The molecule has 2 fully saturated rings. The van der Waals surface area contributed by atoms with Gasteiger partial charge < -0.3 is 10.6 Å². The van der Waals surface area contributed by atoms with Crippen molar-refractivity contribution < 1.29 is 0 Å². The first kappa shape index (κ1) is 13.0. The summed E-state index contributed by atoms with van der Waals surface area (Å²) >= 11 is 0. The quantitative estimate of drug-likeness (QED) is 0.898. The van der Waals surface area contributed by atoms with Crippen LogP contribution in [0.2, 0.25) is 0 Å². The molecule has 2 aliphatic carbocycles. The first-order valence-corrected chi connectivity index (χ1v) is 7.76. The highest BCUT2D eigenvalue weighted by Gasteiger charge is 2.45. The van der Waals surface area contributed by atoms with Crippen molar-refractivity contribution in [3.05, 3.63) is 29.8 Å². The van der Waals surface area contributed by atoms with Crippen molar-refractivity contribution >= 4 is 5.69 Å². The summed E-state index contributed by atoms with van der Waals surface area (Å²) in [6, 6.07) is 9.35. The number of anilines is 1. The normalized spacial score (nSPS) is 32.8. The predicted octanol–water partition coefficient (Wildman–Crippen LogP) is 3.19. The number of aryl methyl sites for hydroxylation is 1. The van der Waals surface area contributed by atoms with E-state index < -0.39 is 0 Å². The van der Waals surface area contributed by atoms with Gasteiger partial charge in [-0.1, -0.05) is 17.7 Å². The molecule has 2 aliphatic rings. The second-order valence-electron chi connectivity index (χ2n) is 6.45. The van der Waals surface area contributed by atoms with Gasteiger partial charge in [0.05, 0.1) is 0 Å². The van der Waals surface area contributed by atoms with Crippen LogP contribution in [0.25, 0.3) is 0 Å². The molecule has 1 aromatic rings. The van der Waals surface area contributed by atoms with Crippen molar-refractivity contribution in [1.82, 2.24) is 0 Å². The lowest BCUT2D eigenvalue weighted by molar-refractivity contribution is 0.291. The van der Waals surface area contributed by atoms with Gasteiger partial charge in [0.2, 0.25) is 0 Å². The maximum Gasteiger partial charge on any atom is 0.0366 e. The Morgan fingerprint density at radius 1 is 1.16 bits per heavy atom. The summed E-state index contributed by atoms with van der Waals surface area (Å²) in [6.07, 6.45) is 4.17. The van der Waals surface area contributed by atoms with Crippen LogP contribution >= 0.6 is 0 Å². The Kier molecular flexibility index (Phi) is 3.53. The third-order valence-electron chi connectivity index (χ3n) is 5.37. The Balaban J connectivity index is 1.71. The van der Waals surface area contributed by atoms with E-state index in [0.717, 1.165) is 24.9 Å². The summed E-state index contributed by atoms with van der Waals surface area (Å²) in [5, 5.41) is 0. The first-order valence-electron chi connectivity index (χ1n) is 7.76. The van der Waals surface area contributed by atoms with Gasteiger partial charge in [-0.3, -0.25) is 0 Å². The van der Waals surface area contributed by atoms with E-state index in [9.17, 15) is 0 Å². The van der Waals surface area contributed by atoms with Crippen LogP contribution in [0.15, 0.2) is 24.3 Å². The molecule has 0 radical (unpaired) electrons. The Bertz CT molecular complexity index is 423. The Morgan fingerprint density at radius 2 is 1.84 bits per heavy atom. The second-order valence-corrected chi connectivity index (χ2v) is 6.45. The lowest BCUT2D eigenvalue weighted by atomic mass is 9.84. The maximum absolute atomic E-state index is 6.44. The molecular weight excluding hydrogens is 232 g/mol. The van der Waals surface area contributed by atoms with E-state index in [-0.39, 0.29) is 0 Å². The molecule has 0 saturated heterocycles. The van der Waals surface area contributed by atoms with Crippen LogP contribution in [0.3, 0.4) is 0 Å². The zero-order valence-corrected chi connectivity index (χ0v) is 12.2. The number of fused-ring (bicyclic) bond motifs is 2. The largest absolute Gasteiger partial charge is 0.371 e. The fraction of sp³-hybridized carbons (Fsp3) is 0.647. The smallest absolute Gasteiger partial charge is 0.0366 e. The molecule has 2 heteroatoms. The summed E-state index contributed by atoms with van der Waals surface area (Å²) < 4.78 is 0. The number of hydrogen-bond donors (Lipinski definition) is 1. The number of nitrogens with zero attached hydrogens (tertiary/aromatic N) is 1. The Morgan fingerprint density at radius 3 is 2.42 bits per heavy atom. The SMILES string of the molecule is CCN(CC1C2CCC(C2)C1N)c1ccc(C)cc1. The van der Waals surface area contributed by atoms with Gasteiger partial charge in [0.1, 0.15) is 0 Å². The molecule has 2 N–H and O–H groups in total. The molecule has 2 nitrogen and oxygen atoms in total. The van der Waals surface area contributed by atoms with Crippen molar-refractivity contribution in [2.45, 2.75) is 39.2 Å². The molecule has 3 rings (SSSR count). The minimum atomic E-state index is 0.443. The van der Waals surface area contributed by atoms with E-state index in [2.05, 4.69) is 43.0 Å². The summed E-state index contributed by atoms with van der Waals surface area (Å²) in [6.45, 7) is 6.61. The van der Waals surface area contributed by atoms with Crippen molar-refractivity contribution in [1.29, 1.82) is 0 Å². The van der Waals surface area contributed by atoms with Crippen LogP contribution in [0.1, 0.15) is 31.7 Å². The molecule has 4 atom stereocenters. The fourth-order valence-corrected chi connectivity index (χ4v) is 4.15. The van der Waals surface area contributed by atoms with Crippen LogP contribution < -0.4 is 10.6 Å². The van der Waals surface area contributed by atoms with Gasteiger partial charge in [-0.15, -0.1) is 0 Å². The van der Waals surface area contributed by atoms with Crippen molar-refractivity contribution in [2.75, 3.05) is 18.0 Å². The lowest BCUT2D eigenvalue weighted by Gasteiger charge is -2.34. The molecule has 0 amide bonds. The molecule has 0 aliphatic heterocycles. The third kappa shape index (κ3) is 2.38. The minimum Gasteiger partial charge on any atom is -0.371 e. The van der Waals surface area contributed by atoms with Crippen LogP contribution in [-0.4, -0.2) is 19.1 Å². The van der Waals surface area contributed by atoms with E-state index in [1.165, 1.54) is 30.5 Å².